The fourth-order valence-corrected chi connectivity index (χ4v) is 3.74. The molecule has 0 unspecified atom stereocenters. The Morgan fingerprint density at radius 3 is 2.75 bits per heavy atom. The Labute approximate surface area is 173 Å². The topological polar surface area (TPSA) is 59.4 Å². The van der Waals surface area contributed by atoms with Gasteiger partial charge in [-0.15, -0.1) is 5.10 Å². The zero-order valence-electron chi connectivity index (χ0n) is 15.8. The lowest BCUT2D eigenvalue weighted by Gasteiger charge is -2.20. The largest absolute Gasteiger partial charge is 0.468 e. The van der Waals surface area contributed by atoms with Gasteiger partial charge in [0.05, 0.1) is 20.3 Å². The molecule has 1 N–H and O–H groups in total. The summed E-state index contributed by atoms with van der Waals surface area (Å²) in [5, 5.41) is 8.58. The predicted molar refractivity (Wildman–Crippen MR) is 114 cm³/mol. The number of aromatic nitrogens is 2. The average Bonchev–Trinajstić information content (AvgIpc) is 3.01. The van der Waals surface area contributed by atoms with Crippen LogP contribution in [0.2, 0.25) is 0 Å². The molecule has 146 valence electrons. The molecule has 0 bridgehead atoms. The summed E-state index contributed by atoms with van der Waals surface area (Å²) in [7, 11) is 1.39. The number of nitrogens with one attached hydrogen (secondary N) is 1. The Balaban J connectivity index is 1.75. The van der Waals surface area contributed by atoms with Gasteiger partial charge in [0, 0.05) is 12.2 Å². The van der Waals surface area contributed by atoms with Crippen molar-refractivity contribution in [2.24, 2.45) is 0 Å². The highest BCUT2D eigenvalue weighted by Crippen LogP contribution is 2.21. The summed E-state index contributed by atoms with van der Waals surface area (Å²) in [6.07, 6.45) is 0. The van der Waals surface area contributed by atoms with Crippen molar-refractivity contribution in [2.45, 2.75) is 20.1 Å². The standard InChI is InChI=1S/C20H22N4O2S2/c1-15-7-6-10-17(11-15)21-19-22-24(20(27)28-19)14-23(13-18(25)26-2)12-16-8-4-3-5-9-16/h3-11H,12-14H2,1-2H3,(H,21,22). The van der Waals surface area contributed by atoms with Gasteiger partial charge in [-0.25, -0.2) is 4.68 Å². The van der Waals surface area contributed by atoms with Crippen LogP contribution in [0.25, 0.3) is 0 Å². The Hall–Kier alpha value is -2.55. The molecule has 0 spiro atoms. The summed E-state index contributed by atoms with van der Waals surface area (Å²) >= 11 is 6.88. The van der Waals surface area contributed by atoms with Crippen molar-refractivity contribution < 1.29 is 9.53 Å². The first kappa shape index (κ1) is 20.2. The minimum atomic E-state index is -0.296. The highest BCUT2D eigenvalue weighted by atomic mass is 32.1. The lowest BCUT2D eigenvalue weighted by Crippen LogP contribution is -2.32. The number of hydrogen-bond donors (Lipinski definition) is 1. The van der Waals surface area contributed by atoms with Crippen molar-refractivity contribution in [3.8, 4) is 0 Å². The van der Waals surface area contributed by atoms with Gasteiger partial charge in [-0.3, -0.25) is 9.69 Å². The molecule has 0 aliphatic carbocycles. The molecule has 1 heterocycles. The summed E-state index contributed by atoms with van der Waals surface area (Å²) in [6, 6.07) is 18.0. The number of aryl methyl sites for hydroxylation is 1. The number of hydrogen-bond acceptors (Lipinski definition) is 7. The van der Waals surface area contributed by atoms with Crippen molar-refractivity contribution in [3.05, 3.63) is 69.7 Å². The van der Waals surface area contributed by atoms with Crippen LogP contribution in [0.15, 0.2) is 54.6 Å². The van der Waals surface area contributed by atoms with E-state index in [0.717, 1.165) is 11.3 Å². The molecule has 0 atom stereocenters. The number of anilines is 2. The Morgan fingerprint density at radius 2 is 2.04 bits per heavy atom. The van der Waals surface area contributed by atoms with Crippen molar-refractivity contribution in [2.75, 3.05) is 19.0 Å². The maximum absolute atomic E-state index is 11.8. The van der Waals surface area contributed by atoms with Crippen molar-refractivity contribution in [1.29, 1.82) is 0 Å². The maximum atomic E-state index is 11.8. The number of benzene rings is 2. The van der Waals surface area contributed by atoms with E-state index in [1.807, 2.05) is 66.4 Å². The van der Waals surface area contributed by atoms with E-state index in [1.165, 1.54) is 24.0 Å². The van der Waals surface area contributed by atoms with Gasteiger partial charge in [0.2, 0.25) is 5.13 Å². The summed E-state index contributed by atoms with van der Waals surface area (Å²) < 4.78 is 7.20. The summed E-state index contributed by atoms with van der Waals surface area (Å²) in [6.45, 7) is 3.19. The third kappa shape index (κ3) is 5.72. The number of methoxy groups -OCH3 is 1. The molecule has 0 radical (unpaired) electrons. The molecule has 28 heavy (non-hydrogen) atoms. The molecule has 6 nitrogen and oxygen atoms in total. The Bertz CT molecular complexity index is 985. The SMILES string of the molecule is COC(=O)CN(Cc1ccccc1)Cn1nc(Nc2cccc(C)c2)sc1=S. The van der Waals surface area contributed by atoms with E-state index in [1.54, 1.807) is 4.68 Å². The van der Waals surface area contributed by atoms with Gasteiger partial charge in [0.25, 0.3) is 0 Å². The van der Waals surface area contributed by atoms with Gasteiger partial charge in [-0.1, -0.05) is 53.8 Å². The molecule has 0 amide bonds. The predicted octanol–water partition coefficient (Wildman–Crippen LogP) is 4.36. The smallest absolute Gasteiger partial charge is 0.319 e. The van der Waals surface area contributed by atoms with Crippen LogP contribution in [0, 0.1) is 10.9 Å². The van der Waals surface area contributed by atoms with Crippen LogP contribution in [-0.4, -0.2) is 34.3 Å². The molecule has 0 aliphatic rings. The molecule has 0 aliphatic heterocycles. The molecule has 2 aromatic carbocycles. The van der Waals surface area contributed by atoms with E-state index in [0.29, 0.717) is 22.3 Å². The van der Waals surface area contributed by atoms with E-state index in [-0.39, 0.29) is 12.5 Å². The van der Waals surface area contributed by atoms with E-state index in [2.05, 4.69) is 10.4 Å². The van der Waals surface area contributed by atoms with E-state index in [9.17, 15) is 4.79 Å². The molecular formula is C20H22N4O2S2. The summed E-state index contributed by atoms with van der Waals surface area (Å²) in [4.78, 5) is 13.8. The Morgan fingerprint density at radius 1 is 1.25 bits per heavy atom. The third-order valence-electron chi connectivity index (χ3n) is 4.04. The van der Waals surface area contributed by atoms with Crippen LogP contribution >= 0.6 is 23.6 Å². The van der Waals surface area contributed by atoms with Crippen molar-refractivity contribution in [3.63, 3.8) is 0 Å². The lowest BCUT2D eigenvalue weighted by atomic mass is 10.2. The minimum Gasteiger partial charge on any atom is -0.468 e. The van der Waals surface area contributed by atoms with Gasteiger partial charge in [-0.2, -0.15) is 0 Å². The molecule has 0 fully saturated rings. The number of ether oxygens (including phenoxy) is 1. The zero-order chi connectivity index (χ0) is 19.9. The van der Waals surface area contributed by atoms with E-state index >= 15 is 0 Å². The Kier molecular flexibility index (Phi) is 6.91. The van der Waals surface area contributed by atoms with Gasteiger partial charge in [0.1, 0.15) is 0 Å². The van der Waals surface area contributed by atoms with Crippen LogP contribution in [0.1, 0.15) is 11.1 Å². The second-order valence-electron chi connectivity index (χ2n) is 6.36. The summed E-state index contributed by atoms with van der Waals surface area (Å²) in [5.74, 6) is -0.296. The molecular weight excluding hydrogens is 392 g/mol. The quantitative estimate of drug-likeness (QED) is 0.437. The normalized spacial score (nSPS) is 10.8. The first-order chi connectivity index (χ1) is 13.5. The number of nitrogens with zero attached hydrogens (tertiary/aromatic N) is 3. The summed E-state index contributed by atoms with van der Waals surface area (Å²) in [5.41, 5.74) is 3.23. The fraction of sp³-hybridized carbons (Fsp3) is 0.250. The van der Waals surface area contributed by atoms with Crippen LogP contribution in [0.5, 0.6) is 0 Å². The van der Waals surface area contributed by atoms with Crippen molar-refractivity contribution in [1.82, 2.24) is 14.7 Å². The number of carbonyl (C=O) groups is 1. The highest BCUT2D eigenvalue weighted by molar-refractivity contribution is 7.73. The third-order valence-corrected chi connectivity index (χ3v) is 5.26. The highest BCUT2D eigenvalue weighted by Gasteiger charge is 2.14. The number of carbonyl (C=O) groups excluding carboxylic acids is 1. The average molecular weight is 415 g/mol. The molecule has 8 heteroatoms. The van der Waals surface area contributed by atoms with Crippen LogP contribution in [0.3, 0.4) is 0 Å². The molecule has 1 aromatic heterocycles. The zero-order valence-corrected chi connectivity index (χ0v) is 17.4. The van der Waals surface area contributed by atoms with Gasteiger partial charge < -0.3 is 10.1 Å². The first-order valence-electron chi connectivity index (χ1n) is 8.78. The minimum absolute atomic E-state index is 0.158. The molecule has 3 rings (SSSR count). The molecule has 0 saturated carbocycles. The van der Waals surface area contributed by atoms with Crippen LogP contribution < -0.4 is 5.32 Å². The second-order valence-corrected chi connectivity index (χ2v) is 7.98. The molecule has 0 saturated heterocycles. The molecule has 3 aromatic rings. The van der Waals surface area contributed by atoms with E-state index < -0.39 is 0 Å². The number of rotatable bonds is 8. The first-order valence-corrected chi connectivity index (χ1v) is 10.0. The van der Waals surface area contributed by atoms with Crippen molar-refractivity contribution >= 4 is 40.3 Å². The van der Waals surface area contributed by atoms with Gasteiger partial charge >= 0.3 is 5.97 Å². The fourth-order valence-electron chi connectivity index (χ4n) is 2.73. The van der Waals surface area contributed by atoms with Gasteiger partial charge in [0.15, 0.2) is 3.95 Å². The van der Waals surface area contributed by atoms with Crippen LogP contribution in [-0.2, 0) is 22.7 Å². The second kappa shape index (κ2) is 9.59. The van der Waals surface area contributed by atoms with Gasteiger partial charge in [-0.05, 0) is 42.4 Å². The maximum Gasteiger partial charge on any atom is 0.319 e. The monoisotopic (exact) mass is 414 g/mol. The van der Waals surface area contributed by atoms with E-state index in [4.69, 9.17) is 17.0 Å². The lowest BCUT2D eigenvalue weighted by molar-refractivity contribution is -0.142. The van der Waals surface area contributed by atoms with Crippen LogP contribution in [0.4, 0.5) is 10.8 Å². The number of esters is 1.